The second kappa shape index (κ2) is 7.19. The number of para-hydroxylation sites is 1. The lowest BCUT2D eigenvalue weighted by atomic mass is 10.2. The average molecular weight is 287 g/mol. The molecule has 0 fully saturated rings. The van der Waals surface area contributed by atoms with Crippen molar-refractivity contribution in [3.63, 3.8) is 0 Å². The first kappa shape index (κ1) is 14.7. The Bertz CT molecular complexity index is 598. The number of aromatic hydroxyl groups is 2. The molecule has 0 aliphatic carbocycles. The third-order valence-electron chi connectivity index (χ3n) is 2.86. The zero-order valence-corrected chi connectivity index (χ0v) is 11.5. The minimum atomic E-state index is -0.310. The maximum Gasteiger partial charge on any atom is 0.251 e. The Kier molecular flexibility index (Phi) is 5.04. The van der Waals surface area contributed by atoms with Gasteiger partial charge in [0.15, 0.2) is 11.5 Å². The summed E-state index contributed by atoms with van der Waals surface area (Å²) in [5.74, 6) is -0.0600. The van der Waals surface area contributed by atoms with E-state index in [1.54, 1.807) is 0 Å². The molecule has 0 saturated heterocycles. The average Bonchev–Trinajstić information content (AvgIpc) is 2.50. The topological polar surface area (TPSA) is 78.8 Å². The number of rotatable bonds is 6. The lowest BCUT2D eigenvalue weighted by Gasteiger charge is -2.08. The lowest BCUT2D eigenvalue weighted by molar-refractivity contribution is 0.0951. The smallest absolute Gasteiger partial charge is 0.251 e. The number of carbonyl (C=O) groups is 1. The molecule has 0 aliphatic heterocycles. The number of carbonyl (C=O) groups excluding carboxylic acids is 1. The third-order valence-corrected chi connectivity index (χ3v) is 2.86. The summed E-state index contributed by atoms with van der Waals surface area (Å²) in [6, 6.07) is 13.4. The summed E-state index contributed by atoms with van der Waals surface area (Å²) in [4.78, 5) is 11.8. The molecule has 0 atom stereocenters. The van der Waals surface area contributed by atoms with E-state index < -0.39 is 0 Å². The van der Waals surface area contributed by atoms with Gasteiger partial charge in [-0.05, 0) is 36.8 Å². The second-order valence-corrected chi connectivity index (χ2v) is 4.47. The van der Waals surface area contributed by atoms with E-state index in [2.05, 4.69) is 5.32 Å². The Morgan fingerprint density at radius 2 is 1.81 bits per heavy atom. The van der Waals surface area contributed by atoms with Crippen LogP contribution in [-0.2, 0) is 0 Å². The van der Waals surface area contributed by atoms with Gasteiger partial charge < -0.3 is 20.3 Å². The van der Waals surface area contributed by atoms with Gasteiger partial charge in [0.05, 0.1) is 6.61 Å². The Hall–Kier alpha value is -2.69. The van der Waals surface area contributed by atoms with E-state index in [0.29, 0.717) is 25.1 Å². The zero-order chi connectivity index (χ0) is 15.1. The van der Waals surface area contributed by atoms with Crippen molar-refractivity contribution < 1.29 is 19.7 Å². The van der Waals surface area contributed by atoms with Gasteiger partial charge in [0.1, 0.15) is 5.75 Å². The fraction of sp³-hybridized carbons (Fsp3) is 0.188. The number of amides is 1. The Labute approximate surface area is 122 Å². The van der Waals surface area contributed by atoms with Gasteiger partial charge in [-0.3, -0.25) is 4.79 Å². The summed E-state index contributed by atoms with van der Waals surface area (Å²) in [6.45, 7) is 0.971. The van der Waals surface area contributed by atoms with Gasteiger partial charge in [-0.25, -0.2) is 0 Å². The molecule has 0 heterocycles. The third kappa shape index (κ3) is 4.42. The summed E-state index contributed by atoms with van der Waals surface area (Å²) in [6.07, 6.45) is 0.671. The van der Waals surface area contributed by atoms with Crippen LogP contribution in [0.3, 0.4) is 0 Å². The van der Waals surface area contributed by atoms with Crippen LogP contribution in [0, 0.1) is 0 Å². The van der Waals surface area contributed by atoms with E-state index in [1.165, 1.54) is 18.2 Å². The highest BCUT2D eigenvalue weighted by Gasteiger charge is 2.07. The number of phenolic OH excluding ortho intramolecular Hbond substituents is 2. The zero-order valence-electron chi connectivity index (χ0n) is 11.5. The van der Waals surface area contributed by atoms with Crippen molar-refractivity contribution in [2.45, 2.75) is 6.42 Å². The molecule has 0 aromatic heterocycles. The Morgan fingerprint density at radius 1 is 1.05 bits per heavy atom. The standard InChI is InChI=1S/C16H17NO4/c18-14-8-7-12(11-15(14)19)16(20)17-9-4-10-21-13-5-2-1-3-6-13/h1-3,5-8,11,18-19H,4,9-10H2,(H,17,20). The van der Waals surface area contributed by atoms with E-state index in [4.69, 9.17) is 4.74 Å². The van der Waals surface area contributed by atoms with Gasteiger partial charge >= 0.3 is 0 Å². The van der Waals surface area contributed by atoms with E-state index in [0.717, 1.165) is 5.75 Å². The van der Waals surface area contributed by atoms with E-state index >= 15 is 0 Å². The predicted octanol–water partition coefficient (Wildman–Crippen LogP) is 2.30. The van der Waals surface area contributed by atoms with Gasteiger partial charge in [-0.15, -0.1) is 0 Å². The number of hydrogen-bond acceptors (Lipinski definition) is 4. The largest absolute Gasteiger partial charge is 0.504 e. The summed E-state index contributed by atoms with van der Waals surface area (Å²) in [5.41, 5.74) is 0.300. The quantitative estimate of drug-likeness (QED) is 0.562. The van der Waals surface area contributed by atoms with Gasteiger partial charge in [-0.2, -0.15) is 0 Å². The summed E-state index contributed by atoms with van der Waals surface area (Å²) < 4.78 is 5.50. The van der Waals surface area contributed by atoms with Crippen LogP contribution in [-0.4, -0.2) is 29.3 Å². The molecule has 2 aromatic rings. The van der Waals surface area contributed by atoms with Gasteiger partial charge in [0, 0.05) is 12.1 Å². The molecule has 1 amide bonds. The van der Waals surface area contributed by atoms with Crippen LogP contribution in [0.1, 0.15) is 16.8 Å². The minimum Gasteiger partial charge on any atom is -0.504 e. The Balaban J connectivity index is 1.71. The fourth-order valence-corrected chi connectivity index (χ4v) is 1.75. The van der Waals surface area contributed by atoms with E-state index in [9.17, 15) is 15.0 Å². The van der Waals surface area contributed by atoms with Crippen LogP contribution in [0.25, 0.3) is 0 Å². The molecule has 0 saturated carbocycles. The predicted molar refractivity (Wildman–Crippen MR) is 78.7 cm³/mol. The van der Waals surface area contributed by atoms with Crippen LogP contribution in [0.15, 0.2) is 48.5 Å². The molecule has 0 spiro atoms. The first-order valence-electron chi connectivity index (χ1n) is 6.65. The molecule has 5 heteroatoms. The molecule has 3 N–H and O–H groups in total. The maximum atomic E-state index is 11.8. The second-order valence-electron chi connectivity index (χ2n) is 4.47. The highest BCUT2D eigenvalue weighted by molar-refractivity contribution is 5.94. The van der Waals surface area contributed by atoms with Crippen molar-refractivity contribution >= 4 is 5.91 Å². The molecule has 0 radical (unpaired) electrons. The number of ether oxygens (including phenoxy) is 1. The molecule has 0 aliphatic rings. The highest BCUT2D eigenvalue weighted by atomic mass is 16.5. The number of benzene rings is 2. The van der Waals surface area contributed by atoms with Crippen molar-refractivity contribution in [3.8, 4) is 17.2 Å². The normalized spacial score (nSPS) is 10.1. The van der Waals surface area contributed by atoms with Crippen LogP contribution >= 0.6 is 0 Å². The molecular formula is C16H17NO4. The van der Waals surface area contributed by atoms with Crippen LogP contribution in [0.2, 0.25) is 0 Å². The number of phenols is 2. The monoisotopic (exact) mass is 287 g/mol. The molecule has 110 valence electrons. The molecule has 0 unspecified atom stereocenters. The molecular weight excluding hydrogens is 270 g/mol. The first-order valence-corrected chi connectivity index (χ1v) is 6.65. The minimum absolute atomic E-state index is 0.247. The van der Waals surface area contributed by atoms with Crippen LogP contribution in [0.5, 0.6) is 17.2 Å². The molecule has 21 heavy (non-hydrogen) atoms. The summed E-state index contributed by atoms with van der Waals surface area (Å²) in [5, 5.41) is 21.2. The Morgan fingerprint density at radius 3 is 2.52 bits per heavy atom. The lowest BCUT2D eigenvalue weighted by Crippen LogP contribution is -2.25. The molecule has 0 bridgehead atoms. The number of hydrogen-bond donors (Lipinski definition) is 3. The number of nitrogens with one attached hydrogen (secondary N) is 1. The van der Waals surface area contributed by atoms with Crippen molar-refractivity contribution in [2.75, 3.05) is 13.2 Å². The maximum absolute atomic E-state index is 11.8. The van der Waals surface area contributed by atoms with E-state index in [1.807, 2.05) is 30.3 Å². The van der Waals surface area contributed by atoms with Crippen molar-refractivity contribution in [1.82, 2.24) is 5.32 Å². The van der Waals surface area contributed by atoms with Gasteiger partial charge in [0.25, 0.3) is 5.91 Å². The summed E-state index contributed by atoms with van der Waals surface area (Å²) >= 11 is 0. The van der Waals surface area contributed by atoms with Crippen molar-refractivity contribution in [1.29, 1.82) is 0 Å². The van der Waals surface area contributed by atoms with Crippen LogP contribution in [0.4, 0.5) is 0 Å². The first-order chi connectivity index (χ1) is 10.2. The van der Waals surface area contributed by atoms with E-state index in [-0.39, 0.29) is 17.4 Å². The van der Waals surface area contributed by atoms with Gasteiger partial charge in [0.2, 0.25) is 0 Å². The van der Waals surface area contributed by atoms with Crippen LogP contribution < -0.4 is 10.1 Å². The SMILES string of the molecule is O=C(NCCCOc1ccccc1)c1ccc(O)c(O)c1. The molecule has 2 aromatic carbocycles. The molecule has 2 rings (SSSR count). The summed E-state index contributed by atoms with van der Waals surface area (Å²) in [7, 11) is 0. The van der Waals surface area contributed by atoms with Crippen molar-refractivity contribution in [2.24, 2.45) is 0 Å². The van der Waals surface area contributed by atoms with Crippen molar-refractivity contribution in [3.05, 3.63) is 54.1 Å². The van der Waals surface area contributed by atoms with Gasteiger partial charge in [-0.1, -0.05) is 18.2 Å². The fourth-order valence-electron chi connectivity index (χ4n) is 1.75. The molecule has 5 nitrogen and oxygen atoms in total. The highest BCUT2D eigenvalue weighted by Crippen LogP contribution is 2.24.